The molecule has 3 heterocycles. The van der Waals surface area contributed by atoms with Crippen molar-refractivity contribution in [2.45, 2.75) is 71.9 Å². The molecule has 194 valence electrons. The van der Waals surface area contributed by atoms with Crippen molar-refractivity contribution in [1.82, 2.24) is 19.8 Å². The van der Waals surface area contributed by atoms with Crippen molar-refractivity contribution in [1.29, 1.82) is 0 Å². The summed E-state index contributed by atoms with van der Waals surface area (Å²) in [7, 11) is 0. The number of aryl methyl sites for hydroxylation is 1. The van der Waals surface area contributed by atoms with Gasteiger partial charge in [0.05, 0.1) is 5.92 Å². The van der Waals surface area contributed by atoms with Crippen molar-refractivity contribution in [2.75, 3.05) is 31.5 Å². The van der Waals surface area contributed by atoms with Gasteiger partial charge in [0.2, 0.25) is 5.91 Å². The molecule has 4 rings (SSSR count). The molecule has 3 N–H and O–H groups in total. The molecule has 0 aliphatic carbocycles. The van der Waals surface area contributed by atoms with Gasteiger partial charge in [0.1, 0.15) is 17.3 Å². The zero-order valence-corrected chi connectivity index (χ0v) is 22.3. The predicted molar refractivity (Wildman–Crippen MR) is 142 cm³/mol. The van der Waals surface area contributed by atoms with Crippen LogP contribution >= 0.6 is 0 Å². The molecular weight excluding hydrogens is 452 g/mol. The number of nitrogens with one attached hydrogen (secondary N) is 1. The monoisotopic (exact) mass is 492 g/mol. The highest BCUT2D eigenvalue weighted by Crippen LogP contribution is 2.26. The lowest BCUT2D eigenvalue weighted by Crippen LogP contribution is -2.46. The van der Waals surface area contributed by atoms with Gasteiger partial charge in [0.15, 0.2) is 0 Å². The van der Waals surface area contributed by atoms with E-state index in [0.29, 0.717) is 43.0 Å². The number of rotatable bonds is 6. The SMILES string of the molecule is Cc1nc(NCc2ccc(C(C)(C)C)cc2)c(C)c(C(=O)N2CCC(N3CCC(C(N)=O)C3)CC2)n1. The first-order chi connectivity index (χ1) is 17.0. The van der Waals surface area contributed by atoms with E-state index in [0.717, 1.165) is 43.5 Å². The van der Waals surface area contributed by atoms with Crippen LogP contribution in [0.4, 0.5) is 5.82 Å². The first kappa shape index (κ1) is 26.1. The number of anilines is 1. The largest absolute Gasteiger partial charge is 0.369 e. The van der Waals surface area contributed by atoms with Crippen molar-refractivity contribution in [3.8, 4) is 0 Å². The summed E-state index contributed by atoms with van der Waals surface area (Å²) in [5.41, 5.74) is 9.33. The average Bonchev–Trinajstić information content (AvgIpc) is 3.34. The number of likely N-dealkylation sites (tertiary alicyclic amines) is 2. The van der Waals surface area contributed by atoms with Crippen LogP contribution in [0.1, 0.15) is 73.0 Å². The number of nitrogens with zero attached hydrogens (tertiary/aromatic N) is 4. The highest BCUT2D eigenvalue weighted by molar-refractivity contribution is 5.94. The van der Waals surface area contributed by atoms with Gasteiger partial charge in [-0.2, -0.15) is 0 Å². The minimum Gasteiger partial charge on any atom is -0.369 e. The molecule has 2 aliphatic heterocycles. The molecule has 2 fully saturated rings. The van der Waals surface area contributed by atoms with Crippen LogP contribution in [-0.2, 0) is 16.8 Å². The molecule has 2 amide bonds. The number of hydrogen-bond acceptors (Lipinski definition) is 6. The topological polar surface area (TPSA) is 104 Å². The molecule has 1 aromatic heterocycles. The third-order valence-electron chi connectivity index (χ3n) is 7.63. The van der Waals surface area contributed by atoms with Crippen LogP contribution in [-0.4, -0.2) is 63.8 Å². The van der Waals surface area contributed by atoms with Crippen LogP contribution < -0.4 is 11.1 Å². The summed E-state index contributed by atoms with van der Waals surface area (Å²) in [5, 5.41) is 3.42. The Bertz CT molecular complexity index is 1100. The molecule has 8 nitrogen and oxygen atoms in total. The summed E-state index contributed by atoms with van der Waals surface area (Å²) < 4.78 is 0. The number of aromatic nitrogens is 2. The van der Waals surface area contributed by atoms with Crippen LogP contribution in [0.25, 0.3) is 0 Å². The number of benzene rings is 1. The summed E-state index contributed by atoms with van der Waals surface area (Å²) in [5.74, 6) is 1.00. The van der Waals surface area contributed by atoms with Crippen molar-refractivity contribution in [3.63, 3.8) is 0 Å². The zero-order valence-electron chi connectivity index (χ0n) is 22.3. The summed E-state index contributed by atoms with van der Waals surface area (Å²) in [4.78, 5) is 38.3. The molecule has 2 saturated heterocycles. The van der Waals surface area contributed by atoms with Gasteiger partial charge in [-0.15, -0.1) is 0 Å². The molecule has 2 aliphatic rings. The van der Waals surface area contributed by atoms with Gasteiger partial charge in [-0.3, -0.25) is 14.5 Å². The average molecular weight is 493 g/mol. The second-order valence-corrected chi connectivity index (χ2v) is 11.3. The minimum absolute atomic E-state index is 0.0366. The van der Waals surface area contributed by atoms with Gasteiger partial charge >= 0.3 is 0 Å². The second kappa shape index (κ2) is 10.5. The van der Waals surface area contributed by atoms with E-state index in [-0.39, 0.29) is 23.1 Å². The normalized spacial score (nSPS) is 19.5. The van der Waals surface area contributed by atoms with Gasteiger partial charge in [-0.1, -0.05) is 45.0 Å². The molecule has 8 heteroatoms. The summed E-state index contributed by atoms with van der Waals surface area (Å²) in [6, 6.07) is 9.01. The van der Waals surface area contributed by atoms with E-state index in [1.165, 1.54) is 5.56 Å². The van der Waals surface area contributed by atoms with E-state index in [4.69, 9.17) is 5.73 Å². The van der Waals surface area contributed by atoms with E-state index in [9.17, 15) is 9.59 Å². The minimum atomic E-state index is -0.203. The van der Waals surface area contributed by atoms with Crippen LogP contribution in [0.2, 0.25) is 0 Å². The Kier molecular flexibility index (Phi) is 7.64. The maximum Gasteiger partial charge on any atom is 0.272 e. The third kappa shape index (κ3) is 5.86. The standard InChI is InChI=1S/C28H40N6O2/c1-18-24(27(36)33-14-11-23(12-15-33)34-13-10-21(17-34)25(29)35)31-19(2)32-26(18)30-16-20-6-8-22(9-7-20)28(3,4)5/h6-9,21,23H,10-17H2,1-5H3,(H2,29,35)(H,30,31,32). The van der Waals surface area contributed by atoms with Crippen molar-refractivity contribution in [3.05, 3.63) is 52.5 Å². The van der Waals surface area contributed by atoms with Crippen molar-refractivity contribution >= 4 is 17.6 Å². The fourth-order valence-electron chi connectivity index (χ4n) is 5.25. The molecule has 1 unspecified atom stereocenters. The van der Waals surface area contributed by atoms with E-state index in [1.54, 1.807) is 0 Å². The fraction of sp³-hybridized carbons (Fsp3) is 0.571. The first-order valence-corrected chi connectivity index (χ1v) is 13.0. The summed E-state index contributed by atoms with van der Waals surface area (Å²) >= 11 is 0. The van der Waals surface area contributed by atoms with Crippen LogP contribution in [0.15, 0.2) is 24.3 Å². The Labute approximate surface area is 214 Å². The fourth-order valence-corrected chi connectivity index (χ4v) is 5.25. The Morgan fingerprint density at radius 3 is 2.28 bits per heavy atom. The van der Waals surface area contributed by atoms with E-state index in [2.05, 4.69) is 65.2 Å². The first-order valence-electron chi connectivity index (χ1n) is 13.0. The molecule has 0 radical (unpaired) electrons. The Morgan fingerprint density at radius 2 is 1.69 bits per heavy atom. The molecule has 0 bridgehead atoms. The second-order valence-electron chi connectivity index (χ2n) is 11.3. The van der Waals surface area contributed by atoms with Gasteiger partial charge in [-0.05, 0) is 56.2 Å². The highest BCUT2D eigenvalue weighted by atomic mass is 16.2. The maximum absolute atomic E-state index is 13.4. The zero-order chi connectivity index (χ0) is 26.0. The van der Waals surface area contributed by atoms with Gasteiger partial charge in [0, 0.05) is 37.8 Å². The predicted octanol–water partition coefficient (Wildman–Crippen LogP) is 3.41. The molecule has 1 atom stereocenters. The summed E-state index contributed by atoms with van der Waals surface area (Å²) in [6.07, 6.45) is 2.64. The van der Waals surface area contributed by atoms with Crippen LogP contribution in [0.3, 0.4) is 0 Å². The number of nitrogens with two attached hydrogens (primary N) is 1. The quantitative estimate of drug-likeness (QED) is 0.640. The van der Waals surface area contributed by atoms with Crippen LogP contribution in [0, 0.1) is 19.8 Å². The molecule has 2 aromatic rings. The van der Waals surface area contributed by atoms with Crippen molar-refractivity contribution in [2.24, 2.45) is 11.7 Å². The smallest absolute Gasteiger partial charge is 0.272 e. The third-order valence-corrected chi connectivity index (χ3v) is 7.63. The Balaban J connectivity index is 1.38. The summed E-state index contributed by atoms with van der Waals surface area (Å²) in [6.45, 7) is 14.0. The molecule has 36 heavy (non-hydrogen) atoms. The van der Waals surface area contributed by atoms with E-state index in [1.807, 2.05) is 18.7 Å². The van der Waals surface area contributed by atoms with E-state index < -0.39 is 0 Å². The molecule has 0 spiro atoms. The lowest BCUT2D eigenvalue weighted by atomic mass is 9.87. The number of amides is 2. The van der Waals surface area contributed by atoms with E-state index >= 15 is 0 Å². The highest BCUT2D eigenvalue weighted by Gasteiger charge is 2.34. The van der Waals surface area contributed by atoms with Gasteiger partial charge in [0.25, 0.3) is 5.91 Å². The number of carbonyl (C=O) groups excluding carboxylic acids is 2. The molecule has 0 saturated carbocycles. The molecule has 1 aromatic carbocycles. The Morgan fingerprint density at radius 1 is 1.03 bits per heavy atom. The number of carbonyl (C=O) groups is 2. The van der Waals surface area contributed by atoms with Crippen molar-refractivity contribution < 1.29 is 9.59 Å². The maximum atomic E-state index is 13.4. The van der Waals surface area contributed by atoms with Gasteiger partial charge < -0.3 is 16.0 Å². The van der Waals surface area contributed by atoms with Gasteiger partial charge in [-0.25, -0.2) is 9.97 Å². The number of hydrogen-bond donors (Lipinski definition) is 2. The Hall–Kier alpha value is -3.00. The lowest BCUT2D eigenvalue weighted by Gasteiger charge is -2.36. The van der Waals surface area contributed by atoms with Crippen LogP contribution in [0.5, 0.6) is 0 Å². The number of piperidine rings is 1. The lowest BCUT2D eigenvalue weighted by molar-refractivity contribution is -0.121. The number of primary amides is 1. The molecular formula is C28H40N6O2.